The van der Waals surface area contributed by atoms with Crippen molar-refractivity contribution in [1.82, 2.24) is 79.4 Å². The Bertz CT molecular complexity index is 4840. The van der Waals surface area contributed by atoms with Crippen LogP contribution in [-0.2, 0) is 115 Å². The molecule has 43 nitrogen and oxygen atoms in total. The molecule has 0 bridgehead atoms. The van der Waals surface area contributed by atoms with Crippen molar-refractivity contribution < 1.29 is 111 Å². The monoisotopic (exact) mass is 1790 g/mol. The lowest BCUT2D eigenvalue weighted by Crippen LogP contribution is -2.64. The van der Waals surface area contributed by atoms with Crippen LogP contribution >= 0.6 is 11.8 Å². The number of aliphatic hydroxyl groups is 1. The largest absolute Gasteiger partial charge is 0.492 e. The highest BCUT2D eigenvalue weighted by Gasteiger charge is 2.42. The summed E-state index contributed by atoms with van der Waals surface area (Å²) in [4.78, 5) is 278. The van der Waals surface area contributed by atoms with E-state index in [-0.39, 0.29) is 69.2 Å². The van der Waals surface area contributed by atoms with Crippen LogP contribution < -0.4 is 108 Å². The van der Waals surface area contributed by atoms with E-state index in [4.69, 9.17) is 33.4 Å². The van der Waals surface area contributed by atoms with E-state index < -0.39 is 267 Å². The molecule has 6 rings (SSSR count). The number of primary amides is 5. The third-order valence-corrected chi connectivity index (χ3v) is 21.3. The van der Waals surface area contributed by atoms with Gasteiger partial charge in [-0.05, 0) is 117 Å². The number of carboxylic acids is 1. The van der Waals surface area contributed by atoms with Crippen LogP contribution in [0.1, 0.15) is 135 Å². The zero-order chi connectivity index (χ0) is 93.8. The molecule has 0 saturated carbocycles. The molecule has 1 saturated heterocycles. The summed E-state index contributed by atoms with van der Waals surface area (Å²) in [6.07, 6.45) is -7.57. The molecule has 19 amide bonds. The Labute approximate surface area is 733 Å². The third-order valence-electron chi connectivity index (χ3n) is 20.2. The van der Waals surface area contributed by atoms with Gasteiger partial charge in [-0.3, -0.25) is 95.9 Å². The Morgan fingerprint density at radius 1 is 0.551 bits per heavy atom. The number of carbonyl (C=O) groups excluding carboxylic acids is 19. The number of aromatic nitrogens is 1. The molecule has 0 radical (unpaired) electrons. The van der Waals surface area contributed by atoms with E-state index in [2.05, 4.69) is 79.4 Å². The number of para-hydroxylation sites is 1. The molecular formula is C83H112N20O23S. The quantitative estimate of drug-likeness (QED) is 0.0162. The number of fused-ring (bicyclic) bond motifs is 2. The van der Waals surface area contributed by atoms with Gasteiger partial charge in [0.15, 0.2) is 0 Å². The molecule has 1 aliphatic heterocycles. The van der Waals surface area contributed by atoms with Crippen molar-refractivity contribution in [2.24, 2.45) is 28.7 Å². The third kappa shape index (κ3) is 34.7. The van der Waals surface area contributed by atoms with Crippen molar-refractivity contribution in [3.05, 3.63) is 114 Å². The van der Waals surface area contributed by atoms with Crippen molar-refractivity contribution in [3.8, 4) is 5.75 Å². The van der Waals surface area contributed by atoms with Crippen LogP contribution in [0.15, 0.2) is 97.2 Å². The molecule has 1 aliphatic rings. The summed E-state index contributed by atoms with van der Waals surface area (Å²) in [5, 5.41) is 58.4. The average Bonchev–Trinajstić information content (AvgIpc) is 1.80. The number of aliphatic hydroxyl groups excluding tert-OH is 1. The minimum Gasteiger partial charge on any atom is -0.492 e. The van der Waals surface area contributed by atoms with Gasteiger partial charge in [0.1, 0.15) is 84.4 Å². The average molecular weight is 1790 g/mol. The Balaban J connectivity index is 1.49. The topological polar surface area (TPSA) is 705 Å². The van der Waals surface area contributed by atoms with E-state index in [1.165, 1.54) is 51.2 Å². The van der Waals surface area contributed by atoms with Crippen LogP contribution in [0.4, 0.5) is 0 Å². The first-order valence-corrected chi connectivity index (χ1v) is 42.0. The van der Waals surface area contributed by atoms with E-state index >= 15 is 28.8 Å². The number of benzene rings is 4. The van der Waals surface area contributed by atoms with Gasteiger partial charge < -0.3 is 123 Å². The number of carboxylic acid groups (broad SMARTS) is 1. The first-order valence-electron chi connectivity index (χ1n) is 40.9. The number of unbranched alkanes of at least 4 members (excludes halogenated alkanes) is 1. The predicted molar refractivity (Wildman–Crippen MR) is 459 cm³/mol. The normalized spacial score (nSPS) is 18.4. The Morgan fingerprint density at radius 3 is 1.72 bits per heavy atom. The van der Waals surface area contributed by atoms with Crippen LogP contribution in [-0.4, -0.2) is 243 Å². The van der Waals surface area contributed by atoms with Gasteiger partial charge in [-0.2, -0.15) is 11.8 Å². The van der Waals surface area contributed by atoms with Gasteiger partial charge in [-0.15, -0.1) is 0 Å². The fourth-order valence-corrected chi connectivity index (χ4v) is 14.5. The Hall–Kier alpha value is -13.8. The number of hydrogen-bond donors (Lipinski definition) is 22. The van der Waals surface area contributed by atoms with E-state index in [0.717, 1.165) is 31.0 Å². The molecule has 0 spiro atoms. The number of thioether (sulfide) groups is 1. The number of ether oxygens (including phenoxy) is 1. The second kappa shape index (κ2) is 50.2. The summed E-state index contributed by atoms with van der Waals surface area (Å²) in [7, 11) is 0. The second-order valence-electron chi connectivity index (χ2n) is 30.8. The standard InChI is InChI=1S/C83H112N20O23S/c1-43(104)70-81(124)99-62(39-51-41-91-54-15-9-8-14-53(51)54)77(120)95-56(23-27-66(85)109)72(115)100-64(42-127-35-30-59(92-46(4)107)74(117)94-57(75(118)102-70)24-28-67(86)110)79(122)96-60(37-47-17-20-52(21-18-47)126-34-33-90-45(3)106)76(119)97-61(38-48-16-19-49-12-6-7-13-50(49)36-48)80(123)103-83(5,31-10-11-32-89-44(2)105)82(125)101-58(25-29-69(112)113)73(116)98-63(40-68(87)111)78(121)93-55(71(88)114)22-26-65(84)108/h6-9,12-21,36,41,43,55-64,70,91,104H,10-11,22-35,37-40,42H2,1-5H3,(H2,84,108)(H2,85,109)(H2,86,110)(H2,87,111)(H2,88,114)(H,89,105)(H,90,106)(H,92,107)(H,93,121)(H,94,117)(H,95,120)(H,96,122)(H,97,119)(H,98,116)(H,99,124)(H,100,115)(H,101,125)(H,102,118)(H,103,123)(H,112,113)/t43-,55+,56+,57+,58+,59+,60+,61+,62+,63+,64+,70+,83+/m1/s1. The van der Waals surface area contributed by atoms with Crippen LogP contribution in [0.25, 0.3) is 21.7 Å². The van der Waals surface area contributed by atoms with Gasteiger partial charge in [0.2, 0.25) is 112 Å². The molecule has 44 heteroatoms. The molecular weight excluding hydrogens is 1680 g/mol. The molecule has 688 valence electrons. The highest BCUT2D eigenvalue weighted by atomic mass is 32.2. The van der Waals surface area contributed by atoms with Crippen molar-refractivity contribution in [3.63, 3.8) is 0 Å². The minimum absolute atomic E-state index is 0.00155. The number of H-pyrrole nitrogens is 1. The van der Waals surface area contributed by atoms with Crippen LogP contribution in [0, 0.1) is 0 Å². The fourth-order valence-electron chi connectivity index (χ4n) is 13.4. The smallest absolute Gasteiger partial charge is 0.303 e. The Morgan fingerprint density at radius 2 is 1.10 bits per heavy atom. The van der Waals surface area contributed by atoms with Crippen LogP contribution in [0.3, 0.4) is 0 Å². The lowest BCUT2D eigenvalue weighted by Gasteiger charge is -2.34. The summed E-state index contributed by atoms with van der Waals surface area (Å²) in [6, 6.07) is 5.36. The van der Waals surface area contributed by atoms with Gasteiger partial charge in [0.05, 0.1) is 19.1 Å². The van der Waals surface area contributed by atoms with E-state index in [9.17, 15) is 77.3 Å². The highest BCUT2D eigenvalue weighted by molar-refractivity contribution is 7.99. The zero-order valence-corrected chi connectivity index (χ0v) is 71.6. The summed E-state index contributed by atoms with van der Waals surface area (Å²) in [5.74, 6) is -21.3. The van der Waals surface area contributed by atoms with Gasteiger partial charge in [-0.1, -0.05) is 72.8 Å². The predicted octanol–water partition coefficient (Wildman–Crippen LogP) is -5.06. The van der Waals surface area contributed by atoms with E-state index in [1.807, 2.05) is 0 Å². The van der Waals surface area contributed by atoms with Crippen molar-refractivity contribution in [2.75, 3.05) is 31.2 Å². The first-order chi connectivity index (χ1) is 60.1. The SMILES string of the molecule is CC(=O)NCCCC[C@](C)(NC(=O)[C@H](Cc1ccc2ccccc2c1)NC(=O)[C@H](Cc1ccc(OCCNC(C)=O)cc1)NC(=O)[C@@H]1CSCC[C@H](NC(C)=O)C(=O)N[C@@H](CCC(N)=O)C(=O)N[C@@H]([C@@H](C)O)C(=O)N[C@@H](Cc2c[nH]c3ccccc23)C(=O)N[C@@H](CCC(N)=O)C(=O)N1)C(=O)N[C@@H](CCC(=O)O)C(=O)N[C@@H](CC(N)=O)C(=O)N[C@@H](CCC(N)=O)C(N)=O. The maximum Gasteiger partial charge on any atom is 0.303 e. The molecule has 4 aromatic carbocycles. The van der Waals surface area contributed by atoms with Crippen LogP contribution in [0.2, 0.25) is 0 Å². The second-order valence-corrected chi connectivity index (χ2v) is 31.9. The summed E-state index contributed by atoms with van der Waals surface area (Å²) in [6.45, 7) is 6.13. The van der Waals surface area contributed by atoms with E-state index in [0.29, 0.717) is 33.0 Å². The number of amides is 19. The number of nitrogens with one attached hydrogen (secondary N) is 15. The van der Waals surface area contributed by atoms with E-state index in [1.54, 1.807) is 66.7 Å². The summed E-state index contributed by atoms with van der Waals surface area (Å²) >= 11 is 0.884. The number of carbonyl (C=O) groups is 20. The lowest BCUT2D eigenvalue weighted by molar-refractivity contribution is -0.140. The van der Waals surface area contributed by atoms with Crippen LogP contribution in [0.5, 0.6) is 5.75 Å². The van der Waals surface area contributed by atoms with Gasteiger partial charge in [0, 0.05) is 95.1 Å². The number of aromatic amines is 1. The van der Waals surface area contributed by atoms with Crippen molar-refractivity contribution in [1.29, 1.82) is 0 Å². The minimum atomic E-state index is -2.23. The molecule has 5 aromatic rings. The number of nitrogens with two attached hydrogens (primary N) is 5. The first kappa shape index (κ1) is 102. The van der Waals surface area contributed by atoms with Gasteiger partial charge >= 0.3 is 5.97 Å². The maximum atomic E-state index is 15.9. The maximum absolute atomic E-state index is 15.9. The Kier molecular flexibility index (Phi) is 40.3. The molecule has 13 atom stereocenters. The molecule has 1 fully saturated rings. The number of aliphatic carboxylic acids is 1. The molecule has 1 aromatic heterocycles. The molecule has 0 aliphatic carbocycles. The summed E-state index contributed by atoms with van der Waals surface area (Å²) < 4.78 is 5.83. The molecule has 127 heavy (non-hydrogen) atoms. The fraction of sp³-hybridized carbons (Fsp3) is 0.470. The molecule has 0 unspecified atom stereocenters. The van der Waals surface area contributed by atoms with Crippen molar-refractivity contribution >= 4 is 152 Å². The lowest BCUT2D eigenvalue weighted by atomic mass is 9.91. The molecule has 2 heterocycles. The summed E-state index contributed by atoms with van der Waals surface area (Å²) in [5.41, 5.74) is 26.8. The van der Waals surface area contributed by atoms with Gasteiger partial charge in [-0.25, -0.2) is 0 Å². The van der Waals surface area contributed by atoms with Gasteiger partial charge in [0.25, 0.3) is 0 Å². The molecule has 27 N–H and O–H groups in total. The highest BCUT2D eigenvalue weighted by Crippen LogP contribution is 2.24. The zero-order valence-electron chi connectivity index (χ0n) is 70.8. The van der Waals surface area contributed by atoms with Crippen molar-refractivity contribution in [2.45, 2.75) is 215 Å². The number of rotatable bonds is 44. The number of hydrogen-bond acceptors (Lipinski definition) is 23.